The third-order valence-electron chi connectivity index (χ3n) is 3.94. The summed E-state index contributed by atoms with van der Waals surface area (Å²) in [5.74, 6) is 0.990. The normalized spacial score (nSPS) is 18.9. The number of aliphatic imine (C=N–C) groups is 1. The van der Waals surface area contributed by atoms with Crippen molar-refractivity contribution in [3.8, 4) is 0 Å². The van der Waals surface area contributed by atoms with Crippen LogP contribution in [0.5, 0.6) is 0 Å². The van der Waals surface area contributed by atoms with Gasteiger partial charge in [-0.05, 0) is 31.9 Å². The number of rotatable bonds is 5. The third kappa shape index (κ3) is 5.76. The molecule has 1 heterocycles. The molecule has 0 aromatic heterocycles. The first-order valence-electron chi connectivity index (χ1n) is 7.94. The molecule has 1 aromatic rings. The number of hydrogen-bond acceptors (Lipinski definition) is 2. The number of likely N-dealkylation sites (tertiary alicyclic amines) is 1. The first-order valence-corrected chi connectivity index (χ1v) is 7.94. The van der Waals surface area contributed by atoms with Crippen molar-refractivity contribution in [2.75, 3.05) is 33.7 Å². The minimum absolute atomic E-state index is 0. The summed E-state index contributed by atoms with van der Waals surface area (Å²) in [7, 11) is 4.08. The van der Waals surface area contributed by atoms with Gasteiger partial charge >= 0.3 is 0 Å². The van der Waals surface area contributed by atoms with Crippen molar-refractivity contribution < 1.29 is 0 Å². The molecule has 1 aliphatic rings. The van der Waals surface area contributed by atoms with Gasteiger partial charge in [-0.1, -0.05) is 30.3 Å². The Morgan fingerprint density at radius 3 is 2.68 bits per heavy atom. The number of halogens is 1. The van der Waals surface area contributed by atoms with Crippen LogP contribution < -0.4 is 5.32 Å². The van der Waals surface area contributed by atoms with Crippen LogP contribution >= 0.6 is 24.0 Å². The van der Waals surface area contributed by atoms with Crippen molar-refractivity contribution in [2.24, 2.45) is 4.99 Å². The molecular weight excluding hydrogens is 387 g/mol. The van der Waals surface area contributed by atoms with Crippen LogP contribution in [0.2, 0.25) is 0 Å². The monoisotopic (exact) mass is 416 g/mol. The largest absolute Gasteiger partial charge is 0.357 e. The Labute approximate surface area is 152 Å². The molecule has 5 heteroatoms. The van der Waals surface area contributed by atoms with Gasteiger partial charge in [0.2, 0.25) is 0 Å². The molecule has 0 aliphatic carbocycles. The fourth-order valence-corrected chi connectivity index (χ4v) is 2.83. The Hall–Kier alpha value is -0.820. The quantitative estimate of drug-likeness (QED) is 0.455. The van der Waals surface area contributed by atoms with Crippen LogP contribution in [0.15, 0.2) is 35.3 Å². The highest BCUT2D eigenvalue weighted by Gasteiger charge is 2.24. The van der Waals surface area contributed by atoms with E-state index < -0.39 is 0 Å². The number of guanidine groups is 1. The molecule has 4 nitrogen and oxygen atoms in total. The van der Waals surface area contributed by atoms with Gasteiger partial charge in [0.15, 0.2) is 5.96 Å². The summed E-state index contributed by atoms with van der Waals surface area (Å²) in [5.41, 5.74) is 1.40. The number of hydrogen-bond donors (Lipinski definition) is 1. The summed E-state index contributed by atoms with van der Waals surface area (Å²) in [6.07, 6.45) is 2.54. The van der Waals surface area contributed by atoms with E-state index in [9.17, 15) is 0 Å². The first kappa shape index (κ1) is 19.2. The molecule has 0 amide bonds. The van der Waals surface area contributed by atoms with Gasteiger partial charge in [0.1, 0.15) is 0 Å². The van der Waals surface area contributed by atoms with Gasteiger partial charge in [0.05, 0.1) is 6.54 Å². The second-order valence-corrected chi connectivity index (χ2v) is 5.84. The van der Waals surface area contributed by atoms with Crippen LogP contribution in [-0.2, 0) is 6.54 Å². The predicted molar refractivity (Wildman–Crippen MR) is 105 cm³/mol. The van der Waals surface area contributed by atoms with Gasteiger partial charge in [0, 0.05) is 33.2 Å². The standard InChI is InChI=1S/C17H28N4.HI/c1-4-18-17(20(2)3)19-13-16-11-8-12-21(16)14-15-9-6-5-7-10-15;/h5-7,9-10,16H,4,8,11-14H2,1-3H3,(H,18,19);1H. The predicted octanol–water partition coefficient (Wildman–Crippen LogP) is 2.80. The summed E-state index contributed by atoms with van der Waals surface area (Å²) in [6, 6.07) is 11.3. The van der Waals surface area contributed by atoms with Gasteiger partial charge in [-0.2, -0.15) is 0 Å². The van der Waals surface area contributed by atoms with E-state index in [-0.39, 0.29) is 24.0 Å². The summed E-state index contributed by atoms with van der Waals surface area (Å²) in [4.78, 5) is 9.40. The molecular formula is C17H29IN4. The maximum atomic E-state index is 4.78. The van der Waals surface area contributed by atoms with Crippen LogP contribution in [0.3, 0.4) is 0 Å². The molecule has 124 valence electrons. The van der Waals surface area contributed by atoms with Gasteiger partial charge in [-0.3, -0.25) is 9.89 Å². The van der Waals surface area contributed by atoms with Crippen LogP contribution in [0.1, 0.15) is 25.3 Å². The lowest BCUT2D eigenvalue weighted by Gasteiger charge is -2.24. The maximum Gasteiger partial charge on any atom is 0.193 e. The van der Waals surface area contributed by atoms with Crippen LogP contribution in [0.4, 0.5) is 0 Å². The summed E-state index contributed by atoms with van der Waals surface area (Å²) in [6.45, 7) is 6.13. The lowest BCUT2D eigenvalue weighted by Crippen LogP contribution is -2.38. The molecule has 1 saturated heterocycles. The molecule has 1 atom stereocenters. The minimum atomic E-state index is 0. The fourth-order valence-electron chi connectivity index (χ4n) is 2.83. The molecule has 1 unspecified atom stereocenters. The van der Waals surface area contributed by atoms with E-state index in [1.807, 2.05) is 14.1 Å². The van der Waals surface area contributed by atoms with Crippen molar-refractivity contribution in [2.45, 2.75) is 32.4 Å². The van der Waals surface area contributed by atoms with E-state index in [1.165, 1.54) is 24.9 Å². The van der Waals surface area contributed by atoms with Gasteiger partial charge in [-0.25, -0.2) is 0 Å². The van der Waals surface area contributed by atoms with Gasteiger partial charge in [-0.15, -0.1) is 24.0 Å². The van der Waals surface area contributed by atoms with Crippen molar-refractivity contribution in [1.29, 1.82) is 0 Å². The molecule has 0 bridgehead atoms. The van der Waals surface area contributed by atoms with E-state index in [0.29, 0.717) is 6.04 Å². The first-order chi connectivity index (χ1) is 10.2. The minimum Gasteiger partial charge on any atom is -0.357 e. The summed E-state index contributed by atoms with van der Waals surface area (Å²) >= 11 is 0. The molecule has 2 rings (SSSR count). The fraction of sp³-hybridized carbons (Fsp3) is 0.588. The van der Waals surface area contributed by atoms with Gasteiger partial charge < -0.3 is 10.2 Å². The lowest BCUT2D eigenvalue weighted by molar-refractivity contribution is 0.250. The highest BCUT2D eigenvalue weighted by molar-refractivity contribution is 14.0. The van der Waals surface area contributed by atoms with Crippen molar-refractivity contribution in [3.63, 3.8) is 0 Å². The molecule has 0 saturated carbocycles. The number of benzene rings is 1. The van der Waals surface area contributed by atoms with Crippen molar-refractivity contribution in [3.05, 3.63) is 35.9 Å². The van der Waals surface area contributed by atoms with Crippen molar-refractivity contribution in [1.82, 2.24) is 15.1 Å². The zero-order chi connectivity index (χ0) is 15.1. The van der Waals surface area contributed by atoms with E-state index in [0.717, 1.165) is 25.6 Å². The van der Waals surface area contributed by atoms with Crippen LogP contribution in [0, 0.1) is 0 Å². The molecule has 1 aliphatic heterocycles. The maximum absolute atomic E-state index is 4.78. The van der Waals surface area contributed by atoms with E-state index in [1.54, 1.807) is 0 Å². The van der Waals surface area contributed by atoms with Crippen LogP contribution in [-0.4, -0.2) is 55.5 Å². The average molecular weight is 416 g/mol. The third-order valence-corrected chi connectivity index (χ3v) is 3.94. The van der Waals surface area contributed by atoms with Crippen LogP contribution in [0.25, 0.3) is 0 Å². The highest BCUT2D eigenvalue weighted by atomic mass is 127. The molecule has 1 N–H and O–H groups in total. The molecule has 0 spiro atoms. The number of nitrogens with one attached hydrogen (secondary N) is 1. The zero-order valence-corrected chi connectivity index (χ0v) is 16.3. The summed E-state index contributed by atoms with van der Waals surface area (Å²) in [5, 5.41) is 3.33. The second kappa shape index (κ2) is 10.0. The smallest absolute Gasteiger partial charge is 0.193 e. The van der Waals surface area contributed by atoms with E-state index in [2.05, 4.69) is 52.4 Å². The average Bonchev–Trinajstić information content (AvgIpc) is 2.91. The summed E-state index contributed by atoms with van der Waals surface area (Å²) < 4.78 is 0. The number of nitrogens with zero attached hydrogens (tertiary/aromatic N) is 3. The highest BCUT2D eigenvalue weighted by Crippen LogP contribution is 2.20. The Morgan fingerprint density at radius 1 is 1.32 bits per heavy atom. The Kier molecular flexibility index (Phi) is 8.78. The molecule has 22 heavy (non-hydrogen) atoms. The Morgan fingerprint density at radius 2 is 2.05 bits per heavy atom. The molecule has 1 fully saturated rings. The Balaban J connectivity index is 0.00000242. The van der Waals surface area contributed by atoms with Gasteiger partial charge in [0.25, 0.3) is 0 Å². The molecule has 0 radical (unpaired) electrons. The Bertz CT molecular complexity index is 447. The van der Waals surface area contributed by atoms with E-state index in [4.69, 9.17) is 4.99 Å². The lowest BCUT2D eigenvalue weighted by atomic mass is 10.2. The topological polar surface area (TPSA) is 30.9 Å². The van der Waals surface area contributed by atoms with E-state index >= 15 is 0 Å². The molecule has 1 aromatic carbocycles. The zero-order valence-electron chi connectivity index (χ0n) is 14.0. The van der Waals surface area contributed by atoms with Crippen molar-refractivity contribution >= 4 is 29.9 Å². The SMILES string of the molecule is CCNC(=NCC1CCCN1Cc1ccccc1)N(C)C.I. The second-order valence-electron chi connectivity index (χ2n) is 5.84.